The predicted molar refractivity (Wildman–Crippen MR) is 65.5 cm³/mol. The van der Waals surface area contributed by atoms with Crippen LogP contribution in [0.5, 0.6) is 0 Å². The molecule has 0 aliphatic carbocycles. The third kappa shape index (κ3) is 16.3. The Morgan fingerprint density at radius 3 is 1.00 bits per heavy atom. The van der Waals surface area contributed by atoms with E-state index in [9.17, 15) is 0 Å². The predicted octanol–water partition coefficient (Wildman–Crippen LogP) is 4.77. The third-order valence-corrected chi connectivity index (χ3v) is 2.46. The molecule has 0 atom stereocenters. The van der Waals surface area contributed by atoms with Gasteiger partial charge < -0.3 is 2.85 Å². The van der Waals surface area contributed by atoms with Crippen LogP contribution in [0.15, 0.2) is 0 Å². The summed E-state index contributed by atoms with van der Waals surface area (Å²) in [6, 6.07) is 0. The summed E-state index contributed by atoms with van der Waals surface area (Å²) in [4.78, 5) is 0. The average Bonchev–Trinajstić information content (AvgIpc) is 2.10. The second-order valence-corrected chi connectivity index (χ2v) is 3.83. The molecule has 1 heteroatoms. The quantitative estimate of drug-likeness (QED) is 0.425. The Morgan fingerprint density at radius 1 is 0.538 bits per heavy atom. The van der Waals surface area contributed by atoms with Crippen molar-refractivity contribution in [3.63, 3.8) is 0 Å². The van der Waals surface area contributed by atoms with Gasteiger partial charge in [-0.3, -0.25) is 0 Å². The molecule has 0 aliphatic rings. The molecule has 0 nitrogen and oxygen atoms in total. The van der Waals surface area contributed by atoms with Crippen molar-refractivity contribution in [1.82, 2.24) is 0 Å². The second kappa shape index (κ2) is 16.0. The smallest absolute Gasteiger partial charge is 1.00 e. The number of hydrogen-bond acceptors (Lipinski definition) is 0. The first kappa shape index (κ1) is 17.0. The van der Waals surface area contributed by atoms with Gasteiger partial charge in [0.05, 0.1) is 0 Å². The summed E-state index contributed by atoms with van der Waals surface area (Å²) in [6.07, 6.45) is 14.4. The maximum atomic E-state index is 2.28. The summed E-state index contributed by atoms with van der Waals surface area (Å²) in [5.41, 5.74) is 0. The van der Waals surface area contributed by atoms with E-state index in [1.807, 2.05) is 0 Å². The van der Waals surface area contributed by atoms with Gasteiger partial charge in [0.2, 0.25) is 0 Å². The van der Waals surface area contributed by atoms with Gasteiger partial charge in [0.1, 0.15) is 0 Å². The van der Waals surface area contributed by atoms with E-state index in [-0.39, 0.29) is 51.7 Å². The Balaban J connectivity index is -0.000000202. The zero-order chi connectivity index (χ0) is 9.07. The number of hydrogen-bond donors (Lipinski definition) is 0. The summed E-state index contributed by atoms with van der Waals surface area (Å²) < 4.78 is 0. The molecule has 0 fully saturated rings. The Labute approximate surface area is 128 Å². The Hall–Kier alpha value is 1.57. The molecular weight excluding hydrogens is 281 g/mol. The van der Waals surface area contributed by atoms with Crippen LogP contribution in [-0.2, 0) is 0 Å². The van der Waals surface area contributed by atoms with Crippen molar-refractivity contribution in [2.45, 2.75) is 78.1 Å². The SMILES string of the molecule is CCCCCCCCCCCC.[Ba+2].[H-].[H-]. The van der Waals surface area contributed by atoms with Crippen LogP contribution in [0.2, 0.25) is 0 Å². The van der Waals surface area contributed by atoms with E-state index >= 15 is 0 Å². The van der Waals surface area contributed by atoms with Crippen molar-refractivity contribution in [3.05, 3.63) is 0 Å². The van der Waals surface area contributed by atoms with E-state index in [2.05, 4.69) is 13.8 Å². The molecule has 0 aliphatic heterocycles. The summed E-state index contributed by atoms with van der Waals surface area (Å²) >= 11 is 0. The van der Waals surface area contributed by atoms with Crippen molar-refractivity contribution < 1.29 is 2.85 Å². The molecule has 0 saturated heterocycles. The van der Waals surface area contributed by atoms with Gasteiger partial charge in [-0.05, 0) is 0 Å². The molecule has 0 aromatic heterocycles. The Kier molecular flexibility index (Phi) is 20.9. The van der Waals surface area contributed by atoms with Crippen molar-refractivity contribution in [1.29, 1.82) is 0 Å². The van der Waals surface area contributed by atoms with Crippen LogP contribution in [0.25, 0.3) is 0 Å². The van der Waals surface area contributed by atoms with Crippen LogP contribution in [0.3, 0.4) is 0 Å². The van der Waals surface area contributed by atoms with E-state index in [4.69, 9.17) is 0 Å². The fourth-order valence-electron chi connectivity index (χ4n) is 1.56. The molecule has 0 rings (SSSR count). The Morgan fingerprint density at radius 2 is 0.769 bits per heavy atom. The van der Waals surface area contributed by atoms with Crippen molar-refractivity contribution in [2.24, 2.45) is 0 Å². The van der Waals surface area contributed by atoms with E-state index in [1.165, 1.54) is 64.2 Å². The first-order valence-electron chi connectivity index (χ1n) is 5.91. The van der Waals surface area contributed by atoms with Gasteiger partial charge in [0.25, 0.3) is 0 Å². The first-order chi connectivity index (χ1) is 5.91. The van der Waals surface area contributed by atoms with Gasteiger partial charge in [-0.25, -0.2) is 0 Å². The fourth-order valence-corrected chi connectivity index (χ4v) is 1.56. The van der Waals surface area contributed by atoms with Gasteiger partial charge in [-0.2, -0.15) is 0 Å². The molecule has 0 amide bonds. The van der Waals surface area contributed by atoms with Crippen LogP contribution in [0.4, 0.5) is 0 Å². The standard InChI is InChI=1S/C12H26.Ba.2H/c1-3-5-7-9-11-12-10-8-6-4-2;;;/h3-12H2,1-2H3;;;/q;+2;2*-1. The van der Waals surface area contributed by atoms with E-state index in [0.717, 1.165) is 0 Å². The van der Waals surface area contributed by atoms with Crippen LogP contribution in [0.1, 0.15) is 80.9 Å². The molecule has 0 aromatic carbocycles. The minimum Gasteiger partial charge on any atom is -1.00 e. The average molecular weight is 310 g/mol. The fraction of sp³-hybridized carbons (Fsp3) is 1.00. The molecule has 0 spiro atoms. The summed E-state index contributed by atoms with van der Waals surface area (Å²) in [7, 11) is 0. The zero-order valence-corrected chi connectivity index (χ0v) is 14.2. The summed E-state index contributed by atoms with van der Waals surface area (Å²) in [6.45, 7) is 4.56. The maximum Gasteiger partial charge on any atom is 2.00 e. The van der Waals surface area contributed by atoms with Gasteiger partial charge >= 0.3 is 48.9 Å². The van der Waals surface area contributed by atoms with Crippen molar-refractivity contribution in [2.75, 3.05) is 0 Å². The molecule has 13 heavy (non-hydrogen) atoms. The van der Waals surface area contributed by atoms with Crippen LogP contribution < -0.4 is 0 Å². The molecule has 0 N–H and O–H groups in total. The minimum atomic E-state index is 0. The van der Waals surface area contributed by atoms with Crippen molar-refractivity contribution >= 4 is 48.9 Å². The first-order valence-corrected chi connectivity index (χ1v) is 5.91. The van der Waals surface area contributed by atoms with E-state index < -0.39 is 0 Å². The monoisotopic (exact) mass is 310 g/mol. The molecule has 0 saturated carbocycles. The van der Waals surface area contributed by atoms with Crippen LogP contribution >= 0.6 is 0 Å². The maximum absolute atomic E-state index is 2.28. The minimum absolute atomic E-state index is 0. The number of unbranched alkanes of at least 4 members (excludes halogenated alkanes) is 9. The second-order valence-electron chi connectivity index (χ2n) is 3.83. The third-order valence-electron chi connectivity index (χ3n) is 2.46. The van der Waals surface area contributed by atoms with Crippen molar-refractivity contribution in [3.8, 4) is 0 Å². The van der Waals surface area contributed by atoms with Gasteiger partial charge in [-0.15, -0.1) is 0 Å². The molecule has 78 valence electrons. The molecule has 0 aromatic rings. The van der Waals surface area contributed by atoms with Gasteiger partial charge in [-0.1, -0.05) is 78.1 Å². The van der Waals surface area contributed by atoms with Gasteiger partial charge in [0, 0.05) is 0 Å². The Bertz CT molecular complexity index is 70.0. The summed E-state index contributed by atoms with van der Waals surface area (Å²) in [5, 5.41) is 0. The van der Waals surface area contributed by atoms with E-state index in [0.29, 0.717) is 0 Å². The molecule has 0 unspecified atom stereocenters. The number of rotatable bonds is 9. The molecular formula is C12H28Ba. The van der Waals surface area contributed by atoms with Crippen LogP contribution in [0, 0.1) is 0 Å². The molecule has 0 heterocycles. The molecule has 0 radical (unpaired) electrons. The zero-order valence-electron chi connectivity index (χ0n) is 11.8. The van der Waals surface area contributed by atoms with Gasteiger partial charge in [0.15, 0.2) is 0 Å². The van der Waals surface area contributed by atoms with Crippen LogP contribution in [-0.4, -0.2) is 48.9 Å². The largest absolute Gasteiger partial charge is 2.00 e. The van der Waals surface area contributed by atoms with E-state index in [1.54, 1.807) is 0 Å². The summed E-state index contributed by atoms with van der Waals surface area (Å²) in [5.74, 6) is 0. The topological polar surface area (TPSA) is 0 Å². The normalized spacial score (nSPS) is 9.69. The molecule has 0 bridgehead atoms.